The largest absolute Gasteiger partial charge is 0.513 e. The van der Waals surface area contributed by atoms with Crippen LogP contribution in [-0.4, -0.2) is 78.0 Å². The standard InChI is InChI=1S/C28H36N8O2/c1-5-23-29-21-8-6-7-9-22(21)36(23)28-31-26-25(27(32-28)35-14-15-38-17-18(35)2)30-24(33(26)4)16-34-12-10-20(11-13-34)19(3)37/h6-9,18,20,37H,3,5,10-17H2,1-2,4H3/t18-/m0/s1. The number of nitrogens with zero attached hydrogens (tertiary/aromatic N) is 8. The van der Waals surface area contributed by atoms with Gasteiger partial charge in [-0.05, 0) is 45.0 Å². The Kier molecular flexibility index (Phi) is 6.53. The minimum absolute atomic E-state index is 0.177. The Bertz CT molecular complexity index is 1480. The van der Waals surface area contributed by atoms with Gasteiger partial charge in [-0.1, -0.05) is 25.6 Å². The molecule has 1 N–H and O–H groups in total. The van der Waals surface area contributed by atoms with Crippen molar-refractivity contribution >= 4 is 28.0 Å². The van der Waals surface area contributed by atoms with Crippen LogP contribution in [0, 0.1) is 5.92 Å². The quantitative estimate of drug-likeness (QED) is 0.387. The number of fused-ring (bicyclic) bond motifs is 2. The lowest BCUT2D eigenvalue weighted by atomic mass is 9.95. The molecule has 4 aromatic rings. The molecule has 3 aromatic heterocycles. The number of allylic oxidation sites excluding steroid dienone is 1. The van der Waals surface area contributed by atoms with E-state index in [4.69, 9.17) is 24.7 Å². The molecule has 0 bridgehead atoms. The van der Waals surface area contributed by atoms with Crippen molar-refractivity contribution in [2.24, 2.45) is 13.0 Å². The Morgan fingerprint density at radius 3 is 2.61 bits per heavy atom. The van der Waals surface area contributed by atoms with Crippen LogP contribution in [0.2, 0.25) is 0 Å². The molecule has 5 heterocycles. The van der Waals surface area contributed by atoms with Gasteiger partial charge >= 0.3 is 0 Å². The van der Waals surface area contributed by atoms with Gasteiger partial charge < -0.3 is 19.3 Å². The number of anilines is 1. The Balaban J connectivity index is 1.46. The molecule has 1 atom stereocenters. The number of rotatable bonds is 6. The number of para-hydroxylation sites is 2. The second kappa shape index (κ2) is 9.99. The highest BCUT2D eigenvalue weighted by Crippen LogP contribution is 2.30. The van der Waals surface area contributed by atoms with Crippen LogP contribution < -0.4 is 4.90 Å². The van der Waals surface area contributed by atoms with E-state index in [1.54, 1.807) is 0 Å². The van der Waals surface area contributed by atoms with Crippen molar-refractivity contribution in [1.82, 2.24) is 34.0 Å². The number of likely N-dealkylation sites (tertiary alicyclic amines) is 1. The molecule has 6 rings (SSSR count). The number of hydrogen-bond donors (Lipinski definition) is 1. The van der Waals surface area contributed by atoms with E-state index in [9.17, 15) is 5.11 Å². The summed E-state index contributed by atoms with van der Waals surface area (Å²) in [4.78, 5) is 24.9. The van der Waals surface area contributed by atoms with Gasteiger partial charge in [-0.15, -0.1) is 0 Å². The first-order valence-corrected chi connectivity index (χ1v) is 13.6. The average molecular weight is 517 g/mol. The van der Waals surface area contributed by atoms with Crippen molar-refractivity contribution in [1.29, 1.82) is 0 Å². The molecular formula is C28H36N8O2. The van der Waals surface area contributed by atoms with Crippen molar-refractivity contribution in [3.63, 3.8) is 0 Å². The van der Waals surface area contributed by atoms with E-state index in [2.05, 4.69) is 45.4 Å². The SMILES string of the molecule is C=C(O)C1CCN(Cc2nc3c(N4CCOC[C@@H]4C)nc(-n4c(CC)nc5ccccc54)nc3n2C)CC1. The Morgan fingerprint density at radius 2 is 1.87 bits per heavy atom. The number of benzene rings is 1. The van der Waals surface area contributed by atoms with Crippen molar-refractivity contribution in [2.75, 3.05) is 37.7 Å². The molecule has 2 saturated heterocycles. The van der Waals surface area contributed by atoms with Gasteiger partial charge in [0.05, 0.1) is 42.6 Å². The number of imidazole rings is 2. The predicted octanol–water partition coefficient (Wildman–Crippen LogP) is 3.77. The van der Waals surface area contributed by atoms with Gasteiger partial charge in [-0.25, -0.2) is 9.97 Å². The van der Waals surface area contributed by atoms with E-state index in [1.165, 1.54) is 0 Å². The molecule has 0 aliphatic carbocycles. The Morgan fingerprint density at radius 1 is 1.08 bits per heavy atom. The van der Waals surface area contributed by atoms with E-state index in [0.29, 0.717) is 24.9 Å². The second-order valence-electron chi connectivity index (χ2n) is 10.5. The molecule has 0 amide bonds. The number of aliphatic hydroxyl groups is 1. The van der Waals surface area contributed by atoms with Crippen LogP contribution in [0.1, 0.15) is 38.3 Å². The first-order chi connectivity index (χ1) is 18.4. The summed E-state index contributed by atoms with van der Waals surface area (Å²) in [5.74, 6) is 3.85. The van der Waals surface area contributed by atoms with Crippen LogP contribution in [0.25, 0.3) is 28.1 Å². The summed E-state index contributed by atoms with van der Waals surface area (Å²) in [6.45, 7) is 12.6. The van der Waals surface area contributed by atoms with Crippen LogP contribution in [0.3, 0.4) is 0 Å². The lowest BCUT2D eigenvalue weighted by Crippen LogP contribution is -2.44. The summed E-state index contributed by atoms with van der Waals surface area (Å²) >= 11 is 0. The molecule has 200 valence electrons. The van der Waals surface area contributed by atoms with Gasteiger partial charge in [0.1, 0.15) is 11.6 Å². The third-order valence-electron chi connectivity index (χ3n) is 7.99. The fourth-order valence-electron chi connectivity index (χ4n) is 5.72. The minimum atomic E-state index is 0.177. The summed E-state index contributed by atoms with van der Waals surface area (Å²) in [7, 11) is 2.04. The number of morpholine rings is 1. The fraction of sp³-hybridized carbons (Fsp3) is 0.500. The maximum Gasteiger partial charge on any atom is 0.239 e. The Hall–Kier alpha value is -3.50. The number of ether oxygens (including phenoxy) is 1. The Labute approximate surface area is 222 Å². The summed E-state index contributed by atoms with van der Waals surface area (Å²) in [5.41, 5.74) is 3.58. The van der Waals surface area contributed by atoms with Crippen LogP contribution >= 0.6 is 0 Å². The molecule has 0 radical (unpaired) electrons. The lowest BCUT2D eigenvalue weighted by Gasteiger charge is -2.34. The molecule has 0 spiro atoms. The van der Waals surface area contributed by atoms with Crippen LogP contribution in [0.5, 0.6) is 0 Å². The zero-order chi connectivity index (χ0) is 26.4. The number of hydrogen-bond acceptors (Lipinski definition) is 8. The molecule has 0 saturated carbocycles. The number of aryl methyl sites for hydroxylation is 2. The fourth-order valence-corrected chi connectivity index (χ4v) is 5.72. The molecule has 10 nitrogen and oxygen atoms in total. The summed E-state index contributed by atoms with van der Waals surface area (Å²) < 4.78 is 9.93. The zero-order valence-electron chi connectivity index (χ0n) is 22.5. The molecule has 2 fully saturated rings. The molecule has 0 unspecified atom stereocenters. The van der Waals surface area contributed by atoms with E-state index in [0.717, 1.165) is 85.1 Å². The van der Waals surface area contributed by atoms with Gasteiger partial charge in [0.2, 0.25) is 5.95 Å². The van der Waals surface area contributed by atoms with Gasteiger partial charge in [0, 0.05) is 25.9 Å². The van der Waals surface area contributed by atoms with Crippen LogP contribution in [-0.2, 0) is 24.8 Å². The van der Waals surface area contributed by atoms with Gasteiger partial charge in [0.15, 0.2) is 17.0 Å². The molecule has 1 aromatic carbocycles. The smallest absolute Gasteiger partial charge is 0.239 e. The van der Waals surface area contributed by atoms with E-state index in [-0.39, 0.29) is 12.0 Å². The highest BCUT2D eigenvalue weighted by atomic mass is 16.5. The highest BCUT2D eigenvalue weighted by molar-refractivity contribution is 5.86. The monoisotopic (exact) mass is 516 g/mol. The third kappa shape index (κ3) is 4.31. The summed E-state index contributed by atoms with van der Waals surface area (Å²) in [6.07, 6.45) is 2.59. The topological polar surface area (TPSA) is 97.4 Å². The third-order valence-corrected chi connectivity index (χ3v) is 7.99. The first-order valence-electron chi connectivity index (χ1n) is 13.6. The highest BCUT2D eigenvalue weighted by Gasteiger charge is 2.28. The first kappa shape index (κ1) is 24.8. The van der Waals surface area contributed by atoms with Crippen molar-refractivity contribution in [2.45, 2.75) is 45.7 Å². The van der Waals surface area contributed by atoms with E-state index in [1.807, 2.05) is 25.2 Å². The molecule has 10 heteroatoms. The average Bonchev–Trinajstić information content (AvgIpc) is 3.46. The second-order valence-corrected chi connectivity index (χ2v) is 10.5. The summed E-state index contributed by atoms with van der Waals surface area (Å²) in [6, 6.07) is 8.32. The molecule has 38 heavy (non-hydrogen) atoms. The van der Waals surface area contributed by atoms with Crippen molar-refractivity contribution in [3.05, 3.63) is 48.3 Å². The predicted molar refractivity (Wildman–Crippen MR) is 148 cm³/mol. The van der Waals surface area contributed by atoms with E-state index >= 15 is 0 Å². The number of aliphatic hydroxyl groups excluding tert-OH is 1. The number of piperidine rings is 1. The minimum Gasteiger partial charge on any atom is -0.513 e. The van der Waals surface area contributed by atoms with Crippen LogP contribution in [0.15, 0.2) is 36.6 Å². The maximum absolute atomic E-state index is 9.81. The molecule has 2 aliphatic rings. The molecular weight excluding hydrogens is 480 g/mol. The zero-order valence-corrected chi connectivity index (χ0v) is 22.5. The van der Waals surface area contributed by atoms with Crippen LogP contribution in [0.4, 0.5) is 5.82 Å². The molecule has 2 aliphatic heterocycles. The lowest BCUT2D eigenvalue weighted by molar-refractivity contribution is 0.0986. The van der Waals surface area contributed by atoms with Crippen molar-refractivity contribution in [3.8, 4) is 5.95 Å². The normalized spacial score (nSPS) is 19.6. The van der Waals surface area contributed by atoms with Gasteiger partial charge in [-0.2, -0.15) is 9.97 Å². The summed E-state index contributed by atoms with van der Waals surface area (Å²) in [5, 5.41) is 9.81. The van der Waals surface area contributed by atoms with Gasteiger partial charge in [-0.3, -0.25) is 9.47 Å². The number of aromatic nitrogens is 6. The maximum atomic E-state index is 9.81. The van der Waals surface area contributed by atoms with E-state index < -0.39 is 0 Å². The van der Waals surface area contributed by atoms with Crippen molar-refractivity contribution < 1.29 is 9.84 Å². The van der Waals surface area contributed by atoms with Gasteiger partial charge in [0.25, 0.3) is 0 Å².